The third kappa shape index (κ3) is 4.87. The molecule has 5 nitrogen and oxygen atoms in total. The third-order valence-corrected chi connectivity index (χ3v) is 4.69. The van der Waals surface area contributed by atoms with Crippen molar-refractivity contribution in [3.8, 4) is 5.75 Å². The molecule has 0 saturated carbocycles. The molecule has 1 N–H and O–H groups in total. The molecule has 8 heteroatoms. The van der Waals surface area contributed by atoms with Crippen LogP contribution in [-0.4, -0.2) is 38.8 Å². The van der Waals surface area contributed by atoms with Crippen molar-refractivity contribution < 1.29 is 18.7 Å². The van der Waals surface area contributed by atoms with Crippen LogP contribution in [-0.2, 0) is 9.53 Å². The Morgan fingerprint density at radius 3 is 2.77 bits per heavy atom. The molecule has 1 aliphatic heterocycles. The summed E-state index contributed by atoms with van der Waals surface area (Å²) in [7, 11) is 0. The van der Waals surface area contributed by atoms with Gasteiger partial charge in [0.1, 0.15) is 11.6 Å². The SMILES string of the molecule is O=C(COc1ccc(F)cc1Br)Nc1cc(Cl)ccc1N1CCOCC1. The number of benzene rings is 2. The zero-order valence-electron chi connectivity index (χ0n) is 13.8. The van der Waals surface area contributed by atoms with Crippen molar-refractivity contribution in [2.75, 3.05) is 43.1 Å². The number of morpholine rings is 1. The van der Waals surface area contributed by atoms with E-state index in [2.05, 4.69) is 26.1 Å². The van der Waals surface area contributed by atoms with E-state index in [0.717, 1.165) is 18.8 Å². The van der Waals surface area contributed by atoms with E-state index in [0.29, 0.717) is 34.1 Å². The number of halogens is 3. The second-order valence-corrected chi connectivity index (χ2v) is 6.96. The van der Waals surface area contributed by atoms with Gasteiger partial charge in [-0.1, -0.05) is 11.6 Å². The molecule has 0 unspecified atom stereocenters. The molecule has 2 aromatic rings. The Hall–Kier alpha value is -1.83. The monoisotopic (exact) mass is 442 g/mol. The molecule has 0 aliphatic carbocycles. The molecule has 26 heavy (non-hydrogen) atoms. The molecule has 0 atom stereocenters. The molecule has 2 aromatic carbocycles. The highest BCUT2D eigenvalue weighted by Gasteiger charge is 2.17. The van der Waals surface area contributed by atoms with Crippen molar-refractivity contribution in [3.05, 3.63) is 51.7 Å². The number of nitrogens with one attached hydrogen (secondary N) is 1. The van der Waals surface area contributed by atoms with E-state index in [4.69, 9.17) is 21.1 Å². The Morgan fingerprint density at radius 2 is 2.04 bits per heavy atom. The molecule has 1 fully saturated rings. The molecule has 0 bridgehead atoms. The maximum Gasteiger partial charge on any atom is 0.262 e. The van der Waals surface area contributed by atoms with Crippen molar-refractivity contribution in [1.29, 1.82) is 0 Å². The lowest BCUT2D eigenvalue weighted by molar-refractivity contribution is -0.118. The summed E-state index contributed by atoms with van der Waals surface area (Å²) in [6.07, 6.45) is 0. The van der Waals surface area contributed by atoms with Crippen LogP contribution >= 0.6 is 27.5 Å². The van der Waals surface area contributed by atoms with Gasteiger partial charge in [-0.2, -0.15) is 0 Å². The van der Waals surface area contributed by atoms with Gasteiger partial charge in [-0.3, -0.25) is 4.79 Å². The predicted molar refractivity (Wildman–Crippen MR) is 103 cm³/mol. The molecule has 1 heterocycles. The lowest BCUT2D eigenvalue weighted by Gasteiger charge is -2.30. The van der Waals surface area contributed by atoms with Crippen LogP contribution in [0.25, 0.3) is 0 Å². The summed E-state index contributed by atoms with van der Waals surface area (Å²) in [4.78, 5) is 14.4. The number of carbonyl (C=O) groups excluding carboxylic acids is 1. The van der Waals surface area contributed by atoms with Gasteiger partial charge < -0.3 is 19.7 Å². The minimum Gasteiger partial charge on any atom is -0.483 e. The van der Waals surface area contributed by atoms with E-state index in [-0.39, 0.29) is 18.3 Å². The van der Waals surface area contributed by atoms with Crippen molar-refractivity contribution in [2.45, 2.75) is 0 Å². The van der Waals surface area contributed by atoms with Crippen LogP contribution in [0, 0.1) is 5.82 Å². The largest absolute Gasteiger partial charge is 0.483 e. The number of hydrogen-bond donors (Lipinski definition) is 1. The molecule has 3 rings (SSSR count). The molecular formula is C18H17BrClFN2O3. The highest BCUT2D eigenvalue weighted by atomic mass is 79.9. The van der Waals surface area contributed by atoms with E-state index >= 15 is 0 Å². The summed E-state index contributed by atoms with van der Waals surface area (Å²) in [5.41, 5.74) is 1.50. The quantitative estimate of drug-likeness (QED) is 0.756. The van der Waals surface area contributed by atoms with E-state index in [1.807, 2.05) is 6.07 Å². The summed E-state index contributed by atoms with van der Waals surface area (Å²) < 4.78 is 24.4. The lowest BCUT2D eigenvalue weighted by Crippen LogP contribution is -2.37. The first-order valence-corrected chi connectivity index (χ1v) is 9.20. The van der Waals surface area contributed by atoms with Gasteiger partial charge in [0.15, 0.2) is 6.61 Å². The van der Waals surface area contributed by atoms with Crippen molar-refractivity contribution in [1.82, 2.24) is 0 Å². The number of anilines is 2. The van der Waals surface area contributed by atoms with Crippen molar-refractivity contribution in [3.63, 3.8) is 0 Å². The van der Waals surface area contributed by atoms with Crippen LogP contribution in [0.15, 0.2) is 40.9 Å². The first-order valence-electron chi connectivity index (χ1n) is 8.03. The van der Waals surface area contributed by atoms with Crippen LogP contribution < -0.4 is 15.0 Å². The van der Waals surface area contributed by atoms with E-state index < -0.39 is 0 Å². The summed E-state index contributed by atoms with van der Waals surface area (Å²) in [6.45, 7) is 2.54. The highest BCUT2D eigenvalue weighted by molar-refractivity contribution is 9.10. The summed E-state index contributed by atoms with van der Waals surface area (Å²) in [5.74, 6) is -0.332. The highest BCUT2D eigenvalue weighted by Crippen LogP contribution is 2.30. The van der Waals surface area contributed by atoms with Gasteiger partial charge in [-0.15, -0.1) is 0 Å². The number of carbonyl (C=O) groups is 1. The Morgan fingerprint density at radius 1 is 1.27 bits per heavy atom. The van der Waals surface area contributed by atoms with Gasteiger partial charge in [0.25, 0.3) is 5.91 Å². The number of ether oxygens (including phenoxy) is 2. The van der Waals surface area contributed by atoms with Crippen LogP contribution in [0.5, 0.6) is 5.75 Å². The normalized spacial score (nSPS) is 14.2. The zero-order valence-corrected chi connectivity index (χ0v) is 16.1. The van der Waals surface area contributed by atoms with Gasteiger partial charge >= 0.3 is 0 Å². The Balaban J connectivity index is 1.67. The number of nitrogens with zero attached hydrogens (tertiary/aromatic N) is 1. The number of rotatable bonds is 5. The standard InChI is InChI=1S/C18H17BrClFN2O3/c19-14-10-13(21)2-4-17(14)26-11-18(24)22-15-9-12(20)1-3-16(15)23-5-7-25-8-6-23/h1-4,9-10H,5-8,11H2,(H,22,24). The van der Waals surface area contributed by atoms with E-state index in [9.17, 15) is 9.18 Å². The molecule has 1 saturated heterocycles. The van der Waals surface area contributed by atoms with Gasteiger partial charge in [0.05, 0.1) is 29.1 Å². The number of hydrogen-bond acceptors (Lipinski definition) is 4. The Labute approximate surface area is 164 Å². The average molecular weight is 444 g/mol. The molecule has 1 amide bonds. The molecule has 0 radical (unpaired) electrons. The fourth-order valence-corrected chi connectivity index (χ4v) is 3.25. The average Bonchev–Trinajstić information content (AvgIpc) is 2.62. The van der Waals surface area contributed by atoms with Gasteiger partial charge in [-0.25, -0.2) is 4.39 Å². The second kappa shape index (κ2) is 8.70. The van der Waals surface area contributed by atoms with Crippen molar-refractivity contribution >= 4 is 44.8 Å². The van der Waals surface area contributed by atoms with Crippen LogP contribution in [0.2, 0.25) is 5.02 Å². The Kier molecular flexibility index (Phi) is 6.34. The predicted octanol–water partition coefficient (Wildman–Crippen LogP) is 4.10. The first kappa shape index (κ1) is 18.9. The third-order valence-electron chi connectivity index (χ3n) is 3.84. The zero-order chi connectivity index (χ0) is 18.5. The molecule has 0 aromatic heterocycles. The van der Waals surface area contributed by atoms with E-state index in [1.54, 1.807) is 12.1 Å². The molecule has 0 spiro atoms. The van der Waals surface area contributed by atoms with Gasteiger partial charge in [0.2, 0.25) is 0 Å². The van der Waals surface area contributed by atoms with Crippen LogP contribution in [0.3, 0.4) is 0 Å². The Bertz CT molecular complexity index is 800. The first-order chi connectivity index (χ1) is 12.5. The van der Waals surface area contributed by atoms with Crippen LogP contribution in [0.1, 0.15) is 0 Å². The van der Waals surface area contributed by atoms with E-state index in [1.165, 1.54) is 18.2 Å². The maximum atomic E-state index is 13.1. The summed E-state index contributed by atoms with van der Waals surface area (Å²) >= 11 is 9.28. The van der Waals surface area contributed by atoms with Gasteiger partial charge in [-0.05, 0) is 52.3 Å². The lowest BCUT2D eigenvalue weighted by atomic mass is 10.2. The number of amides is 1. The minimum atomic E-state index is -0.386. The fourth-order valence-electron chi connectivity index (χ4n) is 2.61. The fraction of sp³-hybridized carbons (Fsp3) is 0.278. The van der Waals surface area contributed by atoms with Crippen LogP contribution in [0.4, 0.5) is 15.8 Å². The molecular weight excluding hydrogens is 427 g/mol. The molecule has 1 aliphatic rings. The summed E-state index contributed by atoms with van der Waals surface area (Å²) in [6, 6.07) is 9.38. The van der Waals surface area contributed by atoms with Crippen molar-refractivity contribution in [2.24, 2.45) is 0 Å². The molecule has 138 valence electrons. The summed E-state index contributed by atoms with van der Waals surface area (Å²) in [5, 5.41) is 3.36. The maximum absolute atomic E-state index is 13.1. The second-order valence-electron chi connectivity index (χ2n) is 5.67. The minimum absolute atomic E-state index is 0.209. The topological polar surface area (TPSA) is 50.8 Å². The van der Waals surface area contributed by atoms with Gasteiger partial charge in [0, 0.05) is 18.1 Å². The smallest absolute Gasteiger partial charge is 0.262 e.